The molecule has 0 unspecified atom stereocenters. The third kappa shape index (κ3) is 3.74. The van der Waals surface area contributed by atoms with Gasteiger partial charge in [-0.3, -0.25) is 4.68 Å². The molecule has 0 radical (unpaired) electrons. The molecule has 0 bridgehead atoms. The van der Waals surface area contributed by atoms with Crippen LogP contribution in [0.1, 0.15) is 33.1 Å². The van der Waals surface area contributed by atoms with E-state index in [4.69, 9.17) is 22.6 Å². The molecule has 0 aliphatic carbocycles. The Balaban J connectivity index is 2.29. The zero-order valence-electron chi connectivity index (χ0n) is 9.70. The smallest absolute Gasteiger partial charge is 0.164 e. The van der Waals surface area contributed by atoms with E-state index in [1.165, 1.54) is 0 Å². The highest BCUT2D eigenvalue weighted by molar-refractivity contribution is 6.32. The Kier molecular flexibility index (Phi) is 4.19. The summed E-state index contributed by atoms with van der Waals surface area (Å²) in [5.41, 5.74) is 5.29. The molecule has 0 saturated heterocycles. The number of hydrogen-bond acceptors (Lipinski definition) is 3. The second kappa shape index (κ2) is 5.22. The van der Waals surface area contributed by atoms with Gasteiger partial charge in [0, 0.05) is 12.7 Å². The molecule has 88 valence electrons. The van der Waals surface area contributed by atoms with Gasteiger partial charge in [0.05, 0.1) is 11.5 Å². The number of aryl methyl sites for hydroxylation is 1. The van der Waals surface area contributed by atoms with Crippen molar-refractivity contribution >= 4 is 17.4 Å². The third-order valence-electron chi connectivity index (χ3n) is 2.48. The lowest BCUT2D eigenvalue weighted by molar-refractivity contribution is 0.412. The van der Waals surface area contributed by atoms with E-state index < -0.39 is 0 Å². The Morgan fingerprint density at radius 2 is 2.25 bits per heavy atom. The molecular formula is C11H17ClN4. The van der Waals surface area contributed by atoms with Crippen LogP contribution in [0.15, 0.2) is 6.20 Å². The average molecular weight is 241 g/mol. The molecule has 5 heteroatoms. The monoisotopic (exact) mass is 240 g/mol. The number of nitrogen functional groups attached to an aromatic ring is 1. The van der Waals surface area contributed by atoms with Crippen molar-refractivity contribution in [3.63, 3.8) is 0 Å². The number of hydrogen-bond donors (Lipinski definition) is 1. The minimum absolute atomic E-state index is 0.235. The Morgan fingerprint density at radius 3 is 2.75 bits per heavy atom. The number of rotatable bonds is 5. The third-order valence-corrected chi connectivity index (χ3v) is 2.78. The topological polar surface area (TPSA) is 67.6 Å². The summed E-state index contributed by atoms with van der Waals surface area (Å²) >= 11 is 5.79. The zero-order valence-corrected chi connectivity index (χ0v) is 10.5. The van der Waals surface area contributed by atoms with E-state index in [0.29, 0.717) is 10.8 Å². The van der Waals surface area contributed by atoms with Crippen LogP contribution in [-0.2, 0) is 6.54 Å². The SMILES string of the molecule is CC(C)(C#N)CCCCn1cc(Cl)c(N)n1. The van der Waals surface area contributed by atoms with Gasteiger partial charge in [-0.25, -0.2) is 0 Å². The Morgan fingerprint density at radius 1 is 1.56 bits per heavy atom. The van der Waals surface area contributed by atoms with Gasteiger partial charge in [-0.1, -0.05) is 18.0 Å². The van der Waals surface area contributed by atoms with Crippen LogP contribution in [-0.4, -0.2) is 9.78 Å². The van der Waals surface area contributed by atoms with Crippen molar-refractivity contribution in [3.05, 3.63) is 11.2 Å². The van der Waals surface area contributed by atoms with E-state index in [2.05, 4.69) is 11.2 Å². The van der Waals surface area contributed by atoms with Gasteiger partial charge in [0.1, 0.15) is 5.02 Å². The predicted molar refractivity (Wildman–Crippen MR) is 64.9 cm³/mol. The summed E-state index contributed by atoms with van der Waals surface area (Å²) in [6.07, 6.45) is 4.60. The van der Waals surface area contributed by atoms with Gasteiger partial charge in [0.15, 0.2) is 5.82 Å². The summed E-state index contributed by atoms with van der Waals surface area (Å²) in [6.45, 7) is 4.70. The lowest BCUT2D eigenvalue weighted by Crippen LogP contribution is -2.08. The first-order chi connectivity index (χ1) is 7.44. The number of unbranched alkanes of at least 4 members (excludes halogenated alkanes) is 1. The molecule has 2 N–H and O–H groups in total. The fourth-order valence-corrected chi connectivity index (χ4v) is 1.57. The lowest BCUT2D eigenvalue weighted by atomic mass is 9.89. The zero-order chi connectivity index (χ0) is 12.2. The maximum atomic E-state index is 8.85. The number of nitriles is 1. The van der Waals surface area contributed by atoms with Crippen molar-refractivity contribution in [1.82, 2.24) is 9.78 Å². The fourth-order valence-electron chi connectivity index (χ4n) is 1.42. The molecule has 1 rings (SSSR count). The maximum absolute atomic E-state index is 8.85. The second-order valence-corrected chi connectivity index (χ2v) is 4.99. The number of halogens is 1. The molecule has 0 aromatic carbocycles. The van der Waals surface area contributed by atoms with Crippen LogP contribution in [0.4, 0.5) is 5.82 Å². The maximum Gasteiger partial charge on any atom is 0.164 e. The van der Waals surface area contributed by atoms with E-state index in [-0.39, 0.29) is 5.41 Å². The molecule has 0 saturated carbocycles. The minimum atomic E-state index is -0.235. The number of nitrogens with zero attached hydrogens (tertiary/aromatic N) is 3. The van der Waals surface area contributed by atoms with Crippen molar-refractivity contribution in [2.45, 2.75) is 39.7 Å². The predicted octanol–water partition coefficient (Wildman–Crippen LogP) is 2.84. The molecular weight excluding hydrogens is 224 g/mol. The first-order valence-electron chi connectivity index (χ1n) is 5.34. The summed E-state index contributed by atoms with van der Waals surface area (Å²) in [4.78, 5) is 0. The average Bonchev–Trinajstić information content (AvgIpc) is 2.54. The molecule has 4 nitrogen and oxygen atoms in total. The highest BCUT2D eigenvalue weighted by Crippen LogP contribution is 2.22. The van der Waals surface area contributed by atoms with Crippen LogP contribution >= 0.6 is 11.6 Å². The number of aromatic nitrogens is 2. The summed E-state index contributed by atoms with van der Waals surface area (Å²) in [5.74, 6) is 0.374. The summed E-state index contributed by atoms with van der Waals surface area (Å²) in [6, 6.07) is 2.29. The van der Waals surface area contributed by atoms with E-state index in [0.717, 1.165) is 25.8 Å². The first kappa shape index (κ1) is 12.9. The van der Waals surface area contributed by atoms with Gasteiger partial charge < -0.3 is 5.73 Å². The molecule has 0 aliphatic rings. The Bertz CT molecular complexity index is 370. The van der Waals surface area contributed by atoms with E-state index in [1.54, 1.807) is 10.9 Å². The van der Waals surface area contributed by atoms with E-state index in [1.807, 2.05) is 13.8 Å². The molecule has 0 atom stereocenters. The fraction of sp³-hybridized carbons (Fsp3) is 0.636. The van der Waals surface area contributed by atoms with Crippen LogP contribution < -0.4 is 5.73 Å². The van der Waals surface area contributed by atoms with Crippen LogP contribution in [0.5, 0.6) is 0 Å². The second-order valence-electron chi connectivity index (χ2n) is 4.58. The Labute approximate surface area is 101 Å². The first-order valence-corrected chi connectivity index (χ1v) is 5.72. The largest absolute Gasteiger partial charge is 0.381 e. The van der Waals surface area contributed by atoms with Gasteiger partial charge in [-0.05, 0) is 26.7 Å². The molecule has 0 spiro atoms. The quantitative estimate of drug-likeness (QED) is 0.805. The minimum Gasteiger partial charge on any atom is -0.381 e. The van der Waals surface area contributed by atoms with Crippen LogP contribution in [0, 0.1) is 16.7 Å². The van der Waals surface area contributed by atoms with Gasteiger partial charge >= 0.3 is 0 Å². The summed E-state index contributed by atoms with van der Waals surface area (Å²) in [7, 11) is 0. The molecule has 16 heavy (non-hydrogen) atoms. The van der Waals surface area contributed by atoms with Crippen LogP contribution in [0.2, 0.25) is 5.02 Å². The highest BCUT2D eigenvalue weighted by atomic mass is 35.5. The molecule has 1 heterocycles. The number of anilines is 1. The molecule has 0 aliphatic heterocycles. The summed E-state index contributed by atoms with van der Waals surface area (Å²) < 4.78 is 1.75. The van der Waals surface area contributed by atoms with Crippen LogP contribution in [0.3, 0.4) is 0 Å². The van der Waals surface area contributed by atoms with Crippen molar-refractivity contribution in [1.29, 1.82) is 5.26 Å². The van der Waals surface area contributed by atoms with Gasteiger partial charge in [0.25, 0.3) is 0 Å². The van der Waals surface area contributed by atoms with Crippen LogP contribution in [0.25, 0.3) is 0 Å². The normalized spacial score (nSPS) is 11.4. The highest BCUT2D eigenvalue weighted by Gasteiger charge is 2.15. The standard InChI is InChI=1S/C11H17ClN4/c1-11(2,8-13)5-3-4-6-16-7-9(12)10(14)15-16/h7H,3-6H2,1-2H3,(H2,14,15). The number of nitrogens with two attached hydrogens (primary N) is 1. The molecule has 0 amide bonds. The van der Waals surface area contributed by atoms with Crippen molar-refractivity contribution in [2.75, 3.05) is 5.73 Å². The van der Waals surface area contributed by atoms with Crippen molar-refractivity contribution in [3.8, 4) is 6.07 Å². The van der Waals surface area contributed by atoms with E-state index >= 15 is 0 Å². The van der Waals surface area contributed by atoms with Gasteiger partial charge in [-0.15, -0.1) is 0 Å². The van der Waals surface area contributed by atoms with Gasteiger partial charge in [0.2, 0.25) is 0 Å². The molecule has 1 aromatic heterocycles. The van der Waals surface area contributed by atoms with Crippen molar-refractivity contribution < 1.29 is 0 Å². The van der Waals surface area contributed by atoms with Crippen molar-refractivity contribution in [2.24, 2.45) is 5.41 Å². The molecule has 1 aromatic rings. The van der Waals surface area contributed by atoms with E-state index in [9.17, 15) is 0 Å². The summed E-state index contributed by atoms with van der Waals surface area (Å²) in [5, 5.41) is 13.4. The lowest BCUT2D eigenvalue weighted by Gasteiger charge is -2.14. The van der Waals surface area contributed by atoms with Gasteiger partial charge in [-0.2, -0.15) is 10.4 Å². The Hall–Kier alpha value is -1.21. The molecule has 0 fully saturated rings.